The number of aromatic nitrogens is 4. The zero-order chi connectivity index (χ0) is 30.8. The van der Waals surface area contributed by atoms with Gasteiger partial charge in [0.15, 0.2) is 5.65 Å². The minimum absolute atomic E-state index is 0.193. The first-order chi connectivity index (χ1) is 22.1. The van der Waals surface area contributed by atoms with Gasteiger partial charge in [0.05, 0.1) is 19.2 Å². The van der Waals surface area contributed by atoms with Crippen LogP contribution in [0.3, 0.4) is 0 Å². The predicted octanol–water partition coefficient (Wildman–Crippen LogP) is 7.47. The van der Waals surface area contributed by atoms with Crippen molar-refractivity contribution < 1.29 is 4.74 Å². The van der Waals surface area contributed by atoms with Gasteiger partial charge in [-0.1, -0.05) is 127 Å². The van der Waals surface area contributed by atoms with E-state index in [4.69, 9.17) is 9.72 Å². The van der Waals surface area contributed by atoms with E-state index in [-0.39, 0.29) is 12.2 Å². The van der Waals surface area contributed by atoms with E-state index in [1.807, 2.05) is 83.6 Å². The molecular formula is C39H32N4O2. The maximum absolute atomic E-state index is 15.2. The molecule has 3 heterocycles. The summed E-state index contributed by atoms with van der Waals surface area (Å²) < 4.78 is 9.27. The van der Waals surface area contributed by atoms with Crippen LogP contribution in [0.5, 0.6) is 5.88 Å². The molecule has 3 aromatic heterocycles. The Bertz CT molecular complexity index is 2060. The van der Waals surface area contributed by atoms with Crippen molar-refractivity contribution in [1.29, 1.82) is 0 Å². The van der Waals surface area contributed by atoms with Crippen LogP contribution in [0.4, 0.5) is 0 Å². The van der Waals surface area contributed by atoms with E-state index >= 15 is 4.79 Å². The number of hydrogen-bond acceptors (Lipinski definition) is 4. The molecule has 0 atom stereocenters. The average Bonchev–Trinajstić information content (AvgIpc) is 3.37. The molecule has 0 saturated heterocycles. The van der Waals surface area contributed by atoms with Gasteiger partial charge in [0, 0.05) is 23.5 Å². The lowest BCUT2D eigenvalue weighted by Gasteiger charge is -2.37. The van der Waals surface area contributed by atoms with Crippen molar-refractivity contribution in [1.82, 2.24) is 19.1 Å². The largest absolute Gasteiger partial charge is 0.481 e. The van der Waals surface area contributed by atoms with Crippen LogP contribution >= 0.6 is 0 Å². The van der Waals surface area contributed by atoms with Crippen molar-refractivity contribution in [3.05, 3.63) is 184 Å². The summed E-state index contributed by atoms with van der Waals surface area (Å²) in [6.07, 6.45) is 3.56. The zero-order valence-electron chi connectivity index (χ0n) is 25.2. The van der Waals surface area contributed by atoms with Crippen molar-refractivity contribution in [2.75, 3.05) is 7.11 Å². The van der Waals surface area contributed by atoms with Gasteiger partial charge in [-0.3, -0.25) is 9.13 Å². The molecule has 0 bridgehead atoms. The summed E-state index contributed by atoms with van der Waals surface area (Å²) in [4.78, 5) is 24.7. The van der Waals surface area contributed by atoms with Crippen molar-refractivity contribution in [3.8, 4) is 17.0 Å². The van der Waals surface area contributed by atoms with Gasteiger partial charge in [-0.25, -0.2) is 14.8 Å². The number of hydrogen-bond donors (Lipinski definition) is 0. The van der Waals surface area contributed by atoms with E-state index in [9.17, 15) is 0 Å². The van der Waals surface area contributed by atoms with Gasteiger partial charge in [0.1, 0.15) is 5.54 Å². The maximum Gasteiger partial charge on any atom is 0.332 e. The molecule has 4 aromatic carbocycles. The number of fused-ring (bicyclic) bond motifs is 1. The van der Waals surface area contributed by atoms with Crippen LogP contribution in [-0.4, -0.2) is 26.2 Å². The summed E-state index contributed by atoms with van der Waals surface area (Å²) in [5.74, 6) is 0.480. The summed E-state index contributed by atoms with van der Waals surface area (Å²) in [6, 6.07) is 44.8. The molecule has 0 N–H and O–H groups in total. The number of benzene rings is 4. The molecule has 0 aliphatic rings. The highest BCUT2D eigenvalue weighted by atomic mass is 16.5. The second-order valence-corrected chi connectivity index (χ2v) is 11.1. The van der Waals surface area contributed by atoms with E-state index < -0.39 is 5.54 Å². The van der Waals surface area contributed by atoms with Crippen molar-refractivity contribution >= 4 is 11.2 Å². The summed E-state index contributed by atoms with van der Waals surface area (Å²) >= 11 is 0. The molecule has 0 radical (unpaired) electrons. The number of pyridine rings is 2. The topological polar surface area (TPSA) is 61.9 Å². The number of methoxy groups -OCH3 is 1. The first-order valence-corrected chi connectivity index (χ1v) is 14.9. The molecule has 0 amide bonds. The molecule has 0 aliphatic carbocycles. The lowest BCUT2D eigenvalue weighted by molar-refractivity contribution is 0.391. The van der Waals surface area contributed by atoms with E-state index in [2.05, 4.69) is 72.6 Å². The van der Waals surface area contributed by atoms with E-state index in [1.165, 1.54) is 0 Å². The Morgan fingerprint density at radius 1 is 0.689 bits per heavy atom. The third kappa shape index (κ3) is 4.81. The van der Waals surface area contributed by atoms with Crippen LogP contribution in [0.1, 0.15) is 27.8 Å². The summed E-state index contributed by atoms with van der Waals surface area (Å²) in [7, 11) is 1.60. The first-order valence-electron chi connectivity index (χ1n) is 14.9. The number of ether oxygens (including phenoxy) is 1. The molecule has 7 aromatic rings. The molecule has 6 nitrogen and oxygen atoms in total. The molecule has 45 heavy (non-hydrogen) atoms. The highest BCUT2D eigenvalue weighted by Crippen LogP contribution is 2.42. The Morgan fingerprint density at radius 2 is 1.31 bits per heavy atom. The summed E-state index contributed by atoms with van der Waals surface area (Å²) in [5, 5.41) is 0. The third-order valence-electron chi connectivity index (χ3n) is 8.41. The standard InChI is InChI=1S/C39H32N4O2/c1-28-14-12-15-29(24-28)31-25-35-36(41-26-31)43(38(44)42(35)27-30-16-13-23-40-37(30)45-2)39(32-17-6-3-7-18-32,33-19-8-4-9-20-33)34-21-10-5-11-22-34/h3-26H,27H2,1-2H3. The predicted molar refractivity (Wildman–Crippen MR) is 179 cm³/mol. The molecule has 6 heteroatoms. The number of rotatable bonds is 8. The summed E-state index contributed by atoms with van der Waals surface area (Å²) in [6.45, 7) is 2.33. The van der Waals surface area contributed by atoms with Gasteiger partial charge in [-0.15, -0.1) is 0 Å². The van der Waals surface area contributed by atoms with Crippen molar-refractivity contribution in [2.24, 2.45) is 0 Å². The Balaban J connectivity index is 1.62. The van der Waals surface area contributed by atoms with E-state index in [0.29, 0.717) is 11.5 Å². The highest BCUT2D eigenvalue weighted by molar-refractivity contribution is 5.80. The number of nitrogens with zero attached hydrogens (tertiary/aromatic N) is 4. The quantitative estimate of drug-likeness (QED) is 0.173. The molecular weight excluding hydrogens is 556 g/mol. The highest BCUT2D eigenvalue weighted by Gasteiger charge is 2.42. The minimum Gasteiger partial charge on any atom is -0.481 e. The Labute approximate surface area is 261 Å². The molecule has 220 valence electrons. The third-order valence-corrected chi connectivity index (χ3v) is 8.41. The number of aryl methyl sites for hydroxylation is 1. The molecule has 0 aliphatic heterocycles. The average molecular weight is 589 g/mol. The van der Waals surface area contributed by atoms with Crippen LogP contribution in [0.25, 0.3) is 22.3 Å². The van der Waals surface area contributed by atoms with Gasteiger partial charge in [-0.2, -0.15) is 0 Å². The van der Waals surface area contributed by atoms with Crippen LogP contribution < -0.4 is 10.4 Å². The fraction of sp³-hybridized carbons (Fsp3) is 0.103. The van der Waals surface area contributed by atoms with Gasteiger partial charge in [0.2, 0.25) is 5.88 Å². The van der Waals surface area contributed by atoms with Gasteiger partial charge < -0.3 is 4.74 Å². The molecule has 0 fully saturated rings. The van der Waals surface area contributed by atoms with E-state index in [0.717, 1.165) is 44.5 Å². The molecule has 0 saturated carbocycles. The monoisotopic (exact) mass is 588 g/mol. The lowest BCUT2D eigenvalue weighted by Crippen LogP contribution is -2.44. The number of imidazole rings is 1. The van der Waals surface area contributed by atoms with Crippen LogP contribution in [0.2, 0.25) is 0 Å². The van der Waals surface area contributed by atoms with Crippen LogP contribution in [-0.2, 0) is 12.1 Å². The SMILES string of the molecule is COc1ncccc1Cn1c(=O)n(C(c2ccccc2)(c2ccccc2)c2ccccc2)c2ncc(-c3cccc(C)c3)cc21. The van der Waals surface area contributed by atoms with Gasteiger partial charge in [-0.05, 0) is 41.3 Å². The second-order valence-electron chi connectivity index (χ2n) is 11.1. The molecule has 0 unspecified atom stereocenters. The summed E-state index contributed by atoms with van der Waals surface area (Å²) in [5.41, 5.74) is 6.85. The van der Waals surface area contributed by atoms with Crippen molar-refractivity contribution in [2.45, 2.75) is 19.0 Å². The lowest BCUT2D eigenvalue weighted by atomic mass is 9.76. The fourth-order valence-corrected chi connectivity index (χ4v) is 6.39. The Kier molecular flexibility index (Phi) is 7.31. The van der Waals surface area contributed by atoms with Gasteiger partial charge >= 0.3 is 5.69 Å². The normalized spacial score (nSPS) is 11.5. The first kappa shape index (κ1) is 28.0. The zero-order valence-corrected chi connectivity index (χ0v) is 25.2. The Morgan fingerprint density at radius 3 is 1.89 bits per heavy atom. The smallest absolute Gasteiger partial charge is 0.332 e. The van der Waals surface area contributed by atoms with Crippen molar-refractivity contribution in [3.63, 3.8) is 0 Å². The van der Waals surface area contributed by atoms with E-state index in [1.54, 1.807) is 17.9 Å². The Hall–Kier alpha value is -5.75. The fourth-order valence-electron chi connectivity index (χ4n) is 6.39. The maximum atomic E-state index is 15.2. The minimum atomic E-state index is -1.03. The van der Waals surface area contributed by atoms with Gasteiger partial charge in [0.25, 0.3) is 0 Å². The van der Waals surface area contributed by atoms with Crippen LogP contribution in [0, 0.1) is 6.92 Å². The second kappa shape index (κ2) is 11.7. The van der Waals surface area contributed by atoms with Crippen LogP contribution in [0.15, 0.2) is 151 Å². The molecule has 7 rings (SSSR count). The molecule has 0 spiro atoms.